The van der Waals surface area contributed by atoms with E-state index in [1.54, 1.807) is 0 Å². The van der Waals surface area contributed by atoms with Gasteiger partial charge >= 0.3 is 0 Å². The van der Waals surface area contributed by atoms with Crippen LogP contribution >= 0.6 is 15.9 Å². The Morgan fingerprint density at radius 3 is 2.56 bits per heavy atom. The molecular weight excluding hydrogens is 294 g/mol. The van der Waals surface area contributed by atoms with Crippen LogP contribution in [0.4, 0.5) is 5.69 Å². The minimum atomic E-state index is -0.0272. The summed E-state index contributed by atoms with van der Waals surface area (Å²) in [6.45, 7) is 4.21. The fraction of sp³-hybridized carbons (Fsp3) is 0.462. The molecule has 1 saturated heterocycles. The van der Waals surface area contributed by atoms with E-state index < -0.39 is 0 Å². The van der Waals surface area contributed by atoms with E-state index in [0.29, 0.717) is 5.56 Å². The number of halogens is 1. The molecule has 1 aliphatic rings. The van der Waals surface area contributed by atoms with Crippen LogP contribution in [0.1, 0.15) is 10.4 Å². The minimum absolute atomic E-state index is 0.0272. The second-order valence-corrected chi connectivity index (χ2v) is 5.44. The van der Waals surface area contributed by atoms with E-state index in [0.717, 1.165) is 36.3 Å². The largest absolute Gasteiger partial charge is 0.368 e. The summed E-state index contributed by atoms with van der Waals surface area (Å²) in [5, 5.41) is 0. The van der Waals surface area contributed by atoms with Crippen LogP contribution < -0.4 is 10.6 Å². The fourth-order valence-electron chi connectivity index (χ4n) is 2.10. The average molecular weight is 312 g/mol. The van der Waals surface area contributed by atoms with Gasteiger partial charge < -0.3 is 15.5 Å². The summed E-state index contributed by atoms with van der Waals surface area (Å²) in [5.74, 6) is -0.0272. The lowest BCUT2D eigenvalue weighted by Crippen LogP contribution is -2.44. The molecule has 1 fully saturated rings. The third-order valence-corrected chi connectivity index (χ3v) is 3.93. The van der Waals surface area contributed by atoms with Crippen molar-refractivity contribution in [3.05, 3.63) is 28.2 Å². The van der Waals surface area contributed by atoms with E-state index >= 15 is 0 Å². The molecule has 5 heteroatoms. The van der Waals surface area contributed by atoms with Gasteiger partial charge in [-0.05, 0) is 41.2 Å². The monoisotopic (exact) mass is 311 g/mol. The number of nitrogens with zero attached hydrogens (tertiary/aromatic N) is 2. The van der Waals surface area contributed by atoms with Crippen LogP contribution in [0.25, 0.3) is 0 Å². The first kappa shape index (κ1) is 13.5. The summed E-state index contributed by atoms with van der Waals surface area (Å²) >= 11 is 3.55. The van der Waals surface area contributed by atoms with Crippen molar-refractivity contribution in [3.8, 4) is 0 Å². The van der Waals surface area contributed by atoms with Crippen LogP contribution in [0.3, 0.4) is 0 Å². The zero-order valence-electron chi connectivity index (χ0n) is 10.5. The van der Waals surface area contributed by atoms with Gasteiger partial charge in [0.15, 0.2) is 5.78 Å². The maximum atomic E-state index is 11.5. The average Bonchev–Trinajstić information content (AvgIpc) is 2.39. The van der Waals surface area contributed by atoms with Crippen molar-refractivity contribution in [2.75, 3.05) is 44.7 Å². The smallest absolute Gasteiger partial charge is 0.176 e. The topological polar surface area (TPSA) is 49.6 Å². The van der Waals surface area contributed by atoms with Crippen LogP contribution in [0, 0.1) is 0 Å². The first-order chi connectivity index (χ1) is 8.61. The van der Waals surface area contributed by atoms with Crippen molar-refractivity contribution in [1.29, 1.82) is 0 Å². The van der Waals surface area contributed by atoms with Gasteiger partial charge in [-0.15, -0.1) is 0 Å². The second-order valence-electron chi connectivity index (χ2n) is 4.58. The summed E-state index contributed by atoms with van der Waals surface area (Å²) in [5.41, 5.74) is 7.19. The van der Waals surface area contributed by atoms with Gasteiger partial charge in [0.05, 0.1) is 12.2 Å². The zero-order chi connectivity index (χ0) is 13.1. The molecule has 1 aromatic rings. The number of rotatable bonds is 3. The molecular formula is C13H18BrN3O. The molecule has 0 saturated carbocycles. The van der Waals surface area contributed by atoms with E-state index in [4.69, 9.17) is 5.73 Å². The molecule has 0 bridgehead atoms. The van der Waals surface area contributed by atoms with Gasteiger partial charge in [-0.3, -0.25) is 4.79 Å². The number of anilines is 1. The molecule has 1 aromatic carbocycles. The Hall–Kier alpha value is -0.910. The number of carbonyl (C=O) groups excluding carboxylic acids is 1. The molecule has 1 aliphatic heterocycles. The molecule has 0 spiro atoms. The molecule has 0 atom stereocenters. The third-order valence-electron chi connectivity index (χ3n) is 3.30. The number of hydrogen-bond acceptors (Lipinski definition) is 4. The van der Waals surface area contributed by atoms with Crippen molar-refractivity contribution >= 4 is 27.4 Å². The van der Waals surface area contributed by atoms with Crippen molar-refractivity contribution in [2.24, 2.45) is 5.73 Å². The van der Waals surface area contributed by atoms with Gasteiger partial charge in [-0.1, -0.05) is 0 Å². The number of hydrogen-bond donors (Lipinski definition) is 1. The summed E-state index contributed by atoms with van der Waals surface area (Å²) < 4.78 is 0.964. The molecule has 98 valence electrons. The van der Waals surface area contributed by atoms with Crippen LogP contribution in [0.2, 0.25) is 0 Å². The Balaban J connectivity index is 2.17. The van der Waals surface area contributed by atoms with Gasteiger partial charge in [0.2, 0.25) is 0 Å². The quantitative estimate of drug-likeness (QED) is 0.856. The van der Waals surface area contributed by atoms with E-state index in [1.807, 2.05) is 18.2 Å². The summed E-state index contributed by atoms with van der Waals surface area (Å²) in [6.07, 6.45) is 0. The molecule has 0 amide bonds. The fourth-order valence-corrected chi connectivity index (χ4v) is 2.73. The third kappa shape index (κ3) is 2.91. The highest BCUT2D eigenvalue weighted by Crippen LogP contribution is 2.28. The number of carbonyl (C=O) groups is 1. The summed E-state index contributed by atoms with van der Waals surface area (Å²) in [4.78, 5) is 16.2. The SMILES string of the molecule is CN1CCN(c2ccc(C(=O)CN)cc2Br)CC1. The van der Waals surface area contributed by atoms with Crippen LogP contribution in [0.5, 0.6) is 0 Å². The van der Waals surface area contributed by atoms with Gasteiger partial charge in [-0.25, -0.2) is 0 Å². The van der Waals surface area contributed by atoms with Crippen LogP contribution in [-0.4, -0.2) is 50.5 Å². The molecule has 2 rings (SSSR count). The Labute approximate surface area is 116 Å². The number of benzene rings is 1. The van der Waals surface area contributed by atoms with Crippen molar-refractivity contribution in [3.63, 3.8) is 0 Å². The van der Waals surface area contributed by atoms with E-state index in [2.05, 4.69) is 32.8 Å². The van der Waals surface area contributed by atoms with E-state index in [-0.39, 0.29) is 12.3 Å². The number of ketones is 1. The highest BCUT2D eigenvalue weighted by atomic mass is 79.9. The molecule has 18 heavy (non-hydrogen) atoms. The lowest BCUT2D eigenvalue weighted by atomic mass is 10.1. The molecule has 0 unspecified atom stereocenters. The lowest BCUT2D eigenvalue weighted by Gasteiger charge is -2.34. The molecule has 4 nitrogen and oxygen atoms in total. The summed E-state index contributed by atoms with van der Waals surface area (Å²) in [6, 6.07) is 5.72. The first-order valence-corrected chi connectivity index (χ1v) is 6.87. The number of nitrogens with two attached hydrogens (primary N) is 1. The van der Waals surface area contributed by atoms with Gasteiger partial charge in [0, 0.05) is 36.2 Å². The van der Waals surface area contributed by atoms with Gasteiger partial charge in [0.25, 0.3) is 0 Å². The number of Topliss-reactive ketones (excluding diaryl/α,β-unsaturated/α-hetero) is 1. The standard InChI is InChI=1S/C13H18BrN3O/c1-16-4-6-17(7-5-16)12-3-2-10(8-11(12)14)13(18)9-15/h2-3,8H,4-7,9,15H2,1H3. The number of piperazine rings is 1. The van der Waals surface area contributed by atoms with E-state index in [9.17, 15) is 4.79 Å². The lowest BCUT2D eigenvalue weighted by molar-refractivity contribution is 0.100. The molecule has 2 N–H and O–H groups in total. The Kier molecular flexibility index (Phi) is 4.37. The predicted molar refractivity (Wildman–Crippen MR) is 77.2 cm³/mol. The highest BCUT2D eigenvalue weighted by molar-refractivity contribution is 9.10. The second kappa shape index (κ2) is 5.82. The highest BCUT2D eigenvalue weighted by Gasteiger charge is 2.17. The van der Waals surface area contributed by atoms with Crippen LogP contribution in [0.15, 0.2) is 22.7 Å². The minimum Gasteiger partial charge on any atom is -0.368 e. The first-order valence-electron chi connectivity index (χ1n) is 6.08. The molecule has 0 aliphatic carbocycles. The van der Waals surface area contributed by atoms with Crippen LogP contribution in [-0.2, 0) is 0 Å². The van der Waals surface area contributed by atoms with Crippen molar-refractivity contribution < 1.29 is 4.79 Å². The zero-order valence-corrected chi connectivity index (χ0v) is 12.1. The normalized spacial score (nSPS) is 16.9. The van der Waals surface area contributed by atoms with Crippen molar-refractivity contribution in [1.82, 2.24) is 4.90 Å². The van der Waals surface area contributed by atoms with Crippen molar-refractivity contribution in [2.45, 2.75) is 0 Å². The Morgan fingerprint density at radius 2 is 2.00 bits per heavy atom. The Bertz CT molecular complexity index is 442. The molecule has 1 heterocycles. The maximum Gasteiger partial charge on any atom is 0.176 e. The Morgan fingerprint density at radius 1 is 1.33 bits per heavy atom. The van der Waals surface area contributed by atoms with Gasteiger partial charge in [-0.2, -0.15) is 0 Å². The number of likely N-dealkylation sites (N-methyl/N-ethyl adjacent to an activating group) is 1. The molecule has 0 radical (unpaired) electrons. The van der Waals surface area contributed by atoms with E-state index in [1.165, 1.54) is 0 Å². The summed E-state index contributed by atoms with van der Waals surface area (Å²) in [7, 11) is 2.13. The predicted octanol–water partition coefficient (Wildman–Crippen LogP) is 1.34. The maximum absolute atomic E-state index is 11.5. The molecule has 0 aromatic heterocycles. The van der Waals surface area contributed by atoms with Gasteiger partial charge in [0.1, 0.15) is 0 Å².